The molecule has 1 aromatic heterocycles. The maximum atomic E-state index is 14.2. The Balaban J connectivity index is 2.47. The number of hydrogen-bond acceptors (Lipinski definition) is 4. The highest BCUT2D eigenvalue weighted by Gasteiger charge is 2.37. The number of pyridine rings is 1. The molecule has 1 saturated heterocycles. The van der Waals surface area contributed by atoms with Crippen molar-refractivity contribution in [3.8, 4) is 0 Å². The number of carbonyl (C=O) groups is 1. The molecule has 0 aromatic carbocycles. The number of esters is 1. The molecule has 1 atom stereocenters. The number of nitrogens with zero attached hydrogens (tertiary/aromatic N) is 2. The van der Waals surface area contributed by atoms with Crippen molar-refractivity contribution in [3.63, 3.8) is 0 Å². The van der Waals surface area contributed by atoms with E-state index in [1.165, 1.54) is 13.8 Å². The predicted octanol–water partition coefficient (Wildman–Crippen LogP) is 3.36. The second kappa shape index (κ2) is 8.63. The van der Waals surface area contributed by atoms with Gasteiger partial charge in [-0.05, 0) is 52.3 Å². The minimum Gasteiger partial charge on any atom is -0.464 e. The summed E-state index contributed by atoms with van der Waals surface area (Å²) in [5.74, 6) is -0.844. The molecule has 9 heteroatoms. The van der Waals surface area contributed by atoms with Gasteiger partial charge in [0.15, 0.2) is 0 Å². The van der Waals surface area contributed by atoms with Crippen molar-refractivity contribution in [2.45, 2.75) is 57.9 Å². The summed E-state index contributed by atoms with van der Waals surface area (Å²) in [5, 5.41) is 0. The Hall–Kier alpha value is -1.90. The van der Waals surface area contributed by atoms with Crippen molar-refractivity contribution in [1.29, 1.82) is 0 Å². The molecular weight excluding hydrogens is 380 g/mol. The number of carbonyl (C=O) groups excluding carboxylic acids is 1. The zero-order chi connectivity index (χ0) is 21.1. The van der Waals surface area contributed by atoms with Crippen molar-refractivity contribution in [2.75, 3.05) is 26.2 Å². The van der Waals surface area contributed by atoms with Gasteiger partial charge in [0.2, 0.25) is 0 Å². The van der Waals surface area contributed by atoms with Crippen molar-refractivity contribution in [2.24, 2.45) is 0 Å². The number of likely N-dealkylation sites (tertiary alicyclic amines) is 1. The predicted molar refractivity (Wildman–Crippen MR) is 95.9 cm³/mol. The number of hydrogen-bond donors (Lipinski definition) is 0. The largest absolute Gasteiger partial charge is 0.464 e. The lowest BCUT2D eigenvalue weighted by molar-refractivity contribution is -0.148. The van der Waals surface area contributed by atoms with Crippen LogP contribution in [0.3, 0.4) is 0 Å². The standard InChI is InChI=1S/C19H26F4N2O3/c1-4-28-17(27)15(11-18(2,3)20)25-12-13(6-9-24-7-5-8-24)14(10-16(25)26)19(21,22)23/h10,12,15H,4-9,11H2,1-3H3. The van der Waals surface area contributed by atoms with Gasteiger partial charge < -0.3 is 14.2 Å². The normalized spacial score (nSPS) is 16.5. The van der Waals surface area contributed by atoms with Gasteiger partial charge in [-0.2, -0.15) is 13.2 Å². The van der Waals surface area contributed by atoms with Gasteiger partial charge in [-0.1, -0.05) is 0 Å². The second-order valence-corrected chi connectivity index (χ2v) is 7.59. The average molecular weight is 406 g/mol. The van der Waals surface area contributed by atoms with Gasteiger partial charge in [-0.15, -0.1) is 0 Å². The smallest absolute Gasteiger partial charge is 0.416 e. The fourth-order valence-electron chi connectivity index (χ4n) is 3.18. The topological polar surface area (TPSA) is 51.5 Å². The van der Waals surface area contributed by atoms with Crippen LogP contribution in [0.15, 0.2) is 17.1 Å². The van der Waals surface area contributed by atoms with Gasteiger partial charge >= 0.3 is 12.1 Å². The van der Waals surface area contributed by atoms with E-state index in [4.69, 9.17) is 4.74 Å². The van der Waals surface area contributed by atoms with Crippen LogP contribution in [0.4, 0.5) is 17.6 Å². The van der Waals surface area contributed by atoms with Crippen LogP contribution in [0.25, 0.3) is 0 Å². The van der Waals surface area contributed by atoms with Gasteiger partial charge in [0.05, 0.1) is 12.2 Å². The third-order valence-corrected chi connectivity index (χ3v) is 4.69. The Morgan fingerprint density at radius 1 is 1.25 bits per heavy atom. The van der Waals surface area contributed by atoms with Crippen molar-refractivity contribution >= 4 is 5.97 Å². The fourth-order valence-corrected chi connectivity index (χ4v) is 3.18. The summed E-state index contributed by atoms with van der Waals surface area (Å²) in [7, 11) is 0. The van der Waals surface area contributed by atoms with Crippen molar-refractivity contribution in [1.82, 2.24) is 9.47 Å². The van der Waals surface area contributed by atoms with E-state index in [0.29, 0.717) is 12.6 Å². The van der Waals surface area contributed by atoms with Crippen molar-refractivity contribution < 1.29 is 27.1 Å². The molecule has 0 amide bonds. The summed E-state index contributed by atoms with van der Waals surface area (Å²) in [6.45, 7) is 6.10. The minimum atomic E-state index is -4.69. The first kappa shape index (κ1) is 22.4. The number of aromatic nitrogens is 1. The molecule has 0 bridgehead atoms. The van der Waals surface area contributed by atoms with E-state index in [9.17, 15) is 27.2 Å². The summed E-state index contributed by atoms with van der Waals surface area (Å²) in [5.41, 5.74) is -3.94. The summed E-state index contributed by atoms with van der Waals surface area (Å²) >= 11 is 0. The molecule has 2 rings (SSSR count). The Bertz CT molecular complexity index is 749. The number of halogens is 4. The van der Waals surface area contributed by atoms with Crippen LogP contribution in [0.2, 0.25) is 0 Å². The summed E-state index contributed by atoms with van der Waals surface area (Å²) in [6.07, 6.45) is -2.96. The lowest BCUT2D eigenvalue weighted by atomic mass is 9.99. The van der Waals surface area contributed by atoms with E-state index in [-0.39, 0.29) is 25.0 Å². The van der Waals surface area contributed by atoms with E-state index in [2.05, 4.69) is 0 Å². The first-order valence-electron chi connectivity index (χ1n) is 9.32. The molecule has 0 saturated carbocycles. The van der Waals surface area contributed by atoms with E-state index in [1.807, 2.05) is 4.90 Å². The highest BCUT2D eigenvalue weighted by atomic mass is 19.4. The van der Waals surface area contributed by atoms with E-state index < -0.39 is 35.0 Å². The monoisotopic (exact) mass is 406 g/mol. The van der Waals surface area contributed by atoms with Crippen LogP contribution in [0.1, 0.15) is 50.8 Å². The molecule has 0 N–H and O–H groups in total. The summed E-state index contributed by atoms with van der Waals surface area (Å²) in [4.78, 5) is 26.7. The van der Waals surface area contributed by atoms with Gasteiger partial charge in [0.1, 0.15) is 11.7 Å². The Morgan fingerprint density at radius 3 is 2.36 bits per heavy atom. The zero-order valence-electron chi connectivity index (χ0n) is 16.3. The molecular formula is C19H26F4N2O3. The molecule has 28 heavy (non-hydrogen) atoms. The molecule has 0 aliphatic carbocycles. The first-order valence-corrected chi connectivity index (χ1v) is 9.32. The Morgan fingerprint density at radius 2 is 1.89 bits per heavy atom. The van der Waals surface area contributed by atoms with E-state index >= 15 is 0 Å². The summed E-state index contributed by atoms with van der Waals surface area (Å²) in [6, 6.07) is -0.847. The van der Waals surface area contributed by atoms with Crippen LogP contribution in [0, 0.1) is 0 Å². The lowest BCUT2D eigenvalue weighted by Gasteiger charge is -2.31. The van der Waals surface area contributed by atoms with Crippen LogP contribution in [0.5, 0.6) is 0 Å². The highest BCUT2D eigenvalue weighted by Crippen LogP contribution is 2.33. The molecule has 158 valence electrons. The molecule has 2 heterocycles. The third kappa shape index (κ3) is 5.80. The Kier molecular flexibility index (Phi) is 6.90. The molecule has 1 unspecified atom stereocenters. The third-order valence-electron chi connectivity index (χ3n) is 4.69. The molecule has 0 spiro atoms. The van der Waals surface area contributed by atoms with Gasteiger partial charge in [0, 0.05) is 25.2 Å². The lowest BCUT2D eigenvalue weighted by Crippen LogP contribution is -2.39. The maximum absolute atomic E-state index is 14.2. The molecule has 1 aromatic rings. The first-order chi connectivity index (χ1) is 12.9. The maximum Gasteiger partial charge on any atom is 0.416 e. The molecule has 0 radical (unpaired) electrons. The molecule has 1 aliphatic heterocycles. The average Bonchev–Trinajstić information content (AvgIpc) is 2.50. The number of alkyl halides is 4. The van der Waals surface area contributed by atoms with Crippen molar-refractivity contribution in [3.05, 3.63) is 33.7 Å². The molecule has 1 fully saturated rings. The minimum absolute atomic E-state index is 0.0131. The van der Waals surface area contributed by atoms with E-state index in [1.54, 1.807) is 6.92 Å². The fraction of sp³-hybridized carbons (Fsp3) is 0.684. The molecule has 1 aliphatic rings. The zero-order valence-corrected chi connectivity index (χ0v) is 16.3. The summed E-state index contributed by atoms with van der Waals surface area (Å²) < 4.78 is 60.3. The second-order valence-electron chi connectivity index (χ2n) is 7.59. The quantitative estimate of drug-likeness (QED) is 0.491. The highest BCUT2D eigenvalue weighted by molar-refractivity contribution is 5.74. The number of ether oxygens (including phenoxy) is 1. The number of rotatable bonds is 8. The van der Waals surface area contributed by atoms with Gasteiger partial charge in [-0.25, -0.2) is 9.18 Å². The van der Waals surface area contributed by atoms with Crippen LogP contribution < -0.4 is 5.56 Å². The molecule has 5 nitrogen and oxygen atoms in total. The van der Waals surface area contributed by atoms with Gasteiger partial charge in [0.25, 0.3) is 5.56 Å². The van der Waals surface area contributed by atoms with Crippen LogP contribution in [-0.2, 0) is 22.1 Å². The SMILES string of the molecule is CCOC(=O)C(CC(C)(C)F)n1cc(CCN2CCC2)c(C(F)(F)F)cc1=O. The van der Waals surface area contributed by atoms with Gasteiger partial charge in [-0.3, -0.25) is 4.79 Å². The van der Waals surface area contributed by atoms with Crippen LogP contribution >= 0.6 is 0 Å². The Labute approximate surface area is 161 Å². The van der Waals surface area contributed by atoms with E-state index in [0.717, 1.165) is 30.3 Å². The van der Waals surface area contributed by atoms with Crippen LogP contribution in [-0.4, -0.2) is 47.3 Å².